The molecule has 0 spiro atoms. The van der Waals surface area contributed by atoms with Crippen molar-refractivity contribution in [1.29, 1.82) is 0 Å². The molecule has 3 aromatic rings. The largest absolute Gasteiger partial charge is 0.467 e. The minimum Gasteiger partial charge on any atom is -0.467 e. The van der Waals surface area contributed by atoms with Crippen molar-refractivity contribution in [3.8, 4) is 0 Å². The van der Waals surface area contributed by atoms with Crippen LogP contribution >= 0.6 is 0 Å². The average molecular weight is 405 g/mol. The van der Waals surface area contributed by atoms with Gasteiger partial charge in [0, 0.05) is 43.4 Å². The van der Waals surface area contributed by atoms with Gasteiger partial charge in [0.25, 0.3) is 0 Å². The Bertz CT molecular complexity index is 919. The van der Waals surface area contributed by atoms with Crippen molar-refractivity contribution in [3.05, 3.63) is 78.5 Å². The predicted octanol–water partition coefficient (Wildman–Crippen LogP) is 5.29. The molecule has 0 aliphatic carbocycles. The summed E-state index contributed by atoms with van der Waals surface area (Å²) in [7, 11) is 0. The van der Waals surface area contributed by atoms with Gasteiger partial charge in [-0.25, -0.2) is 4.79 Å². The Kier molecular flexibility index (Phi) is 6.65. The predicted molar refractivity (Wildman–Crippen MR) is 118 cm³/mol. The highest BCUT2D eigenvalue weighted by atomic mass is 16.3. The fraction of sp³-hybridized carbons (Fsp3) is 0.333. The van der Waals surface area contributed by atoms with Crippen LogP contribution in [0.15, 0.2) is 71.6 Å². The number of nitrogens with zero attached hydrogens (tertiary/aromatic N) is 3. The van der Waals surface area contributed by atoms with E-state index in [1.165, 1.54) is 31.4 Å². The minimum absolute atomic E-state index is 0.164. The molecule has 0 radical (unpaired) electrons. The number of carbonyl (C=O) groups is 1. The number of urea groups is 1. The standard InChI is InChI=1S/C24H28N4O2/c29-24(26-21-9-5-10-22(16-21)27-13-3-1-2-4-14-27)28(19-23-11-7-15-30-23)18-20-8-6-12-25-17-20/h5-12,15-17H,1-4,13-14,18-19H2,(H,26,29). The van der Waals surface area contributed by atoms with Gasteiger partial charge in [0.1, 0.15) is 5.76 Å². The molecule has 0 saturated carbocycles. The van der Waals surface area contributed by atoms with Gasteiger partial charge in [-0.3, -0.25) is 4.98 Å². The van der Waals surface area contributed by atoms with Crippen LogP contribution in [0, 0.1) is 0 Å². The molecule has 1 aromatic carbocycles. The zero-order valence-electron chi connectivity index (χ0n) is 17.2. The van der Waals surface area contributed by atoms with Gasteiger partial charge in [-0.15, -0.1) is 0 Å². The molecular formula is C24H28N4O2. The molecule has 1 fully saturated rings. The Morgan fingerprint density at radius 1 is 1.03 bits per heavy atom. The normalized spacial score (nSPS) is 14.2. The number of carbonyl (C=O) groups excluding carboxylic acids is 1. The van der Waals surface area contributed by atoms with E-state index in [0.29, 0.717) is 13.1 Å². The second-order valence-electron chi connectivity index (χ2n) is 7.68. The Labute approximate surface area is 177 Å². The number of nitrogens with one attached hydrogen (secondary N) is 1. The highest BCUT2D eigenvalue weighted by Gasteiger charge is 2.17. The monoisotopic (exact) mass is 404 g/mol. The Balaban J connectivity index is 1.48. The molecule has 1 aliphatic heterocycles. The summed E-state index contributed by atoms with van der Waals surface area (Å²) < 4.78 is 5.47. The first-order valence-corrected chi connectivity index (χ1v) is 10.6. The van der Waals surface area contributed by atoms with Gasteiger partial charge in [0.05, 0.1) is 12.8 Å². The summed E-state index contributed by atoms with van der Waals surface area (Å²) in [5, 5.41) is 3.07. The molecule has 1 saturated heterocycles. The van der Waals surface area contributed by atoms with E-state index >= 15 is 0 Å². The first-order chi connectivity index (χ1) is 14.8. The van der Waals surface area contributed by atoms with Gasteiger partial charge in [0.15, 0.2) is 0 Å². The molecule has 2 aromatic heterocycles. The highest BCUT2D eigenvalue weighted by molar-refractivity contribution is 5.89. The number of aromatic nitrogens is 1. The average Bonchev–Trinajstić information content (AvgIpc) is 3.13. The van der Waals surface area contributed by atoms with Gasteiger partial charge >= 0.3 is 6.03 Å². The van der Waals surface area contributed by atoms with Crippen LogP contribution in [0.25, 0.3) is 0 Å². The third-order valence-electron chi connectivity index (χ3n) is 5.38. The summed E-state index contributed by atoms with van der Waals surface area (Å²) in [6, 6.07) is 15.5. The van der Waals surface area contributed by atoms with Crippen LogP contribution in [0.2, 0.25) is 0 Å². The number of anilines is 2. The Hall–Kier alpha value is -3.28. The Morgan fingerprint density at radius 2 is 1.90 bits per heavy atom. The van der Waals surface area contributed by atoms with Crippen LogP contribution in [-0.4, -0.2) is 29.0 Å². The van der Waals surface area contributed by atoms with Crippen LogP contribution in [0.3, 0.4) is 0 Å². The molecular weight excluding hydrogens is 376 g/mol. The lowest BCUT2D eigenvalue weighted by atomic mass is 10.2. The number of amides is 2. The number of pyridine rings is 1. The van der Waals surface area contributed by atoms with Gasteiger partial charge in [-0.2, -0.15) is 0 Å². The molecule has 1 N–H and O–H groups in total. The summed E-state index contributed by atoms with van der Waals surface area (Å²) >= 11 is 0. The summed E-state index contributed by atoms with van der Waals surface area (Å²) in [6.07, 6.45) is 10.2. The van der Waals surface area contributed by atoms with Gasteiger partial charge in [0.2, 0.25) is 0 Å². The quantitative estimate of drug-likeness (QED) is 0.606. The Morgan fingerprint density at radius 3 is 2.63 bits per heavy atom. The van der Waals surface area contributed by atoms with E-state index in [2.05, 4.69) is 27.3 Å². The third kappa shape index (κ3) is 5.41. The molecule has 156 valence electrons. The second-order valence-corrected chi connectivity index (χ2v) is 7.68. The molecule has 6 heteroatoms. The van der Waals surface area contributed by atoms with Crippen LogP contribution in [0.1, 0.15) is 37.0 Å². The number of rotatable bonds is 6. The zero-order valence-corrected chi connectivity index (χ0v) is 17.2. The number of hydrogen-bond donors (Lipinski definition) is 1. The van der Waals surface area contributed by atoms with E-state index in [4.69, 9.17) is 4.42 Å². The molecule has 1 aliphatic rings. The molecule has 6 nitrogen and oxygen atoms in total. The molecule has 0 bridgehead atoms. The van der Waals surface area contributed by atoms with Crippen molar-refractivity contribution >= 4 is 17.4 Å². The van der Waals surface area contributed by atoms with Crippen LogP contribution in [0.4, 0.5) is 16.2 Å². The van der Waals surface area contributed by atoms with E-state index in [-0.39, 0.29) is 6.03 Å². The van der Waals surface area contributed by atoms with Crippen LogP contribution < -0.4 is 10.2 Å². The summed E-state index contributed by atoms with van der Waals surface area (Å²) in [5.74, 6) is 0.743. The van der Waals surface area contributed by atoms with Crippen molar-refractivity contribution in [2.24, 2.45) is 0 Å². The van der Waals surface area contributed by atoms with Crippen molar-refractivity contribution in [1.82, 2.24) is 9.88 Å². The fourth-order valence-electron chi connectivity index (χ4n) is 3.81. The molecule has 0 atom stereocenters. The molecule has 0 unspecified atom stereocenters. The smallest absolute Gasteiger partial charge is 0.322 e. The second kappa shape index (κ2) is 9.96. The minimum atomic E-state index is -0.164. The van der Waals surface area contributed by atoms with E-state index in [1.807, 2.05) is 36.4 Å². The van der Waals surface area contributed by atoms with E-state index < -0.39 is 0 Å². The third-order valence-corrected chi connectivity index (χ3v) is 5.38. The number of benzene rings is 1. The van der Waals surface area contributed by atoms with Crippen molar-refractivity contribution < 1.29 is 9.21 Å². The molecule has 3 heterocycles. The van der Waals surface area contributed by atoms with Crippen molar-refractivity contribution in [2.45, 2.75) is 38.8 Å². The maximum Gasteiger partial charge on any atom is 0.322 e. The maximum absolute atomic E-state index is 13.1. The van der Waals surface area contributed by atoms with E-state index in [9.17, 15) is 4.79 Å². The van der Waals surface area contributed by atoms with Crippen molar-refractivity contribution in [2.75, 3.05) is 23.3 Å². The highest BCUT2D eigenvalue weighted by Crippen LogP contribution is 2.23. The topological polar surface area (TPSA) is 61.6 Å². The lowest BCUT2D eigenvalue weighted by Gasteiger charge is -2.25. The summed E-state index contributed by atoms with van der Waals surface area (Å²) in [5.41, 5.74) is 2.94. The van der Waals surface area contributed by atoms with E-state index in [1.54, 1.807) is 23.6 Å². The van der Waals surface area contributed by atoms with Crippen molar-refractivity contribution in [3.63, 3.8) is 0 Å². The maximum atomic E-state index is 13.1. The molecule has 2 amide bonds. The lowest BCUT2D eigenvalue weighted by molar-refractivity contribution is 0.201. The van der Waals surface area contributed by atoms with Gasteiger partial charge in [-0.05, 0) is 54.8 Å². The number of furan rings is 1. The fourth-order valence-corrected chi connectivity index (χ4v) is 3.81. The van der Waals surface area contributed by atoms with E-state index in [0.717, 1.165) is 30.1 Å². The molecule has 30 heavy (non-hydrogen) atoms. The zero-order chi connectivity index (χ0) is 20.6. The van der Waals surface area contributed by atoms with Crippen LogP contribution in [-0.2, 0) is 13.1 Å². The first kappa shape index (κ1) is 20.0. The number of hydrogen-bond acceptors (Lipinski definition) is 4. The SMILES string of the molecule is O=C(Nc1cccc(N2CCCCCC2)c1)N(Cc1cccnc1)Cc1ccco1. The van der Waals surface area contributed by atoms with Crippen LogP contribution in [0.5, 0.6) is 0 Å². The van der Waals surface area contributed by atoms with Gasteiger partial charge in [-0.1, -0.05) is 25.0 Å². The summed E-state index contributed by atoms with van der Waals surface area (Å²) in [4.78, 5) is 21.4. The summed E-state index contributed by atoms with van der Waals surface area (Å²) in [6.45, 7) is 2.98. The molecule has 4 rings (SSSR count). The van der Waals surface area contributed by atoms with Gasteiger partial charge < -0.3 is 19.5 Å². The lowest BCUT2D eigenvalue weighted by Crippen LogP contribution is -2.34. The first-order valence-electron chi connectivity index (χ1n) is 10.6.